The average Bonchev–Trinajstić information content (AvgIpc) is 3.16. The maximum atomic E-state index is 12.9. The first-order valence-corrected chi connectivity index (χ1v) is 9.86. The van der Waals surface area contributed by atoms with Gasteiger partial charge in [0.25, 0.3) is 5.91 Å². The molecule has 0 radical (unpaired) electrons. The van der Waals surface area contributed by atoms with E-state index in [1.807, 2.05) is 29.2 Å². The molecule has 1 saturated heterocycles. The lowest BCUT2D eigenvalue weighted by Crippen LogP contribution is -2.42. The van der Waals surface area contributed by atoms with Crippen LogP contribution in [0.1, 0.15) is 23.3 Å². The maximum absolute atomic E-state index is 12.9. The molecule has 0 unspecified atom stereocenters. The Labute approximate surface area is 170 Å². The molecule has 0 bridgehead atoms. The number of para-hydroxylation sites is 2. The van der Waals surface area contributed by atoms with Gasteiger partial charge in [-0.05, 0) is 42.9 Å². The number of rotatable bonds is 5. The quantitative estimate of drug-likeness (QED) is 0.833. The Morgan fingerprint density at radius 1 is 1.07 bits per heavy atom. The molecule has 154 valence electrons. The summed E-state index contributed by atoms with van der Waals surface area (Å²) in [5.41, 5.74) is 0.380. The third-order valence-corrected chi connectivity index (χ3v) is 5.91. The molecule has 1 amide bonds. The third-order valence-electron chi connectivity index (χ3n) is 5.91. The number of aromatic nitrogens is 1. The van der Waals surface area contributed by atoms with Crippen LogP contribution in [0, 0.1) is 11.8 Å². The van der Waals surface area contributed by atoms with Gasteiger partial charge in [0.1, 0.15) is 17.5 Å². The van der Waals surface area contributed by atoms with Crippen molar-refractivity contribution in [2.24, 2.45) is 11.8 Å². The van der Waals surface area contributed by atoms with Crippen molar-refractivity contribution in [1.82, 2.24) is 9.88 Å². The molecule has 4 rings (SSSR count). The normalized spacial score (nSPS) is 26.0. The Morgan fingerprint density at radius 2 is 1.79 bits per heavy atom. The molecule has 1 aliphatic carbocycles. The lowest BCUT2D eigenvalue weighted by Gasteiger charge is -2.35. The largest absolute Gasteiger partial charge is 0.497 e. The Hall–Kier alpha value is -2.80. The molecule has 2 heterocycles. The monoisotopic (exact) mass is 398 g/mol. The SMILES string of the molecule is COc1ccnc(C(=O)N2C[C@H]3C[C@@H](Oc4ccccc4OC)[C@H](O)C[C@H]3C2)c1. The number of fused-ring (bicyclic) bond motifs is 1. The lowest BCUT2D eigenvalue weighted by atomic mass is 9.78. The molecule has 2 fully saturated rings. The highest BCUT2D eigenvalue weighted by molar-refractivity contribution is 5.92. The van der Waals surface area contributed by atoms with Gasteiger partial charge < -0.3 is 24.2 Å². The Kier molecular flexibility index (Phi) is 5.58. The van der Waals surface area contributed by atoms with Crippen molar-refractivity contribution in [2.45, 2.75) is 25.0 Å². The van der Waals surface area contributed by atoms with Gasteiger partial charge in [0.15, 0.2) is 11.5 Å². The van der Waals surface area contributed by atoms with Crippen LogP contribution in [0.2, 0.25) is 0 Å². The molecule has 2 aromatic rings. The van der Waals surface area contributed by atoms with Gasteiger partial charge in [0.2, 0.25) is 0 Å². The Balaban J connectivity index is 1.44. The summed E-state index contributed by atoms with van der Waals surface area (Å²) in [5, 5.41) is 10.7. The van der Waals surface area contributed by atoms with E-state index in [1.165, 1.54) is 0 Å². The summed E-state index contributed by atoms with van der Waals surface area (Å²) in [4.78, 5) is 18.9. The number of likely N-dealkylation sites (tertiary alicyclic amines) is 1. The Morgan fingerprint density at radius 3 is 2.52 bits per heavy atom. The number of pyridine rings is 1. The number of carbonyl (C=O) groups is 1. The molecule has 1 saturated carbocycles. The van der Waals surface area contributed by atoms with Crippen LogP contribution in [0.3, 0.4) is 0 Å². The molecule has 1 aliphatic heterocycles. The highest BCUT2D eigenvalue weighted by Crippen LogP contribution is 2.39. The second kappa shape index (κ2) is 8.29. The van der Waals surface area contributed by atoms with Crippen LogP contribution in [-0.4, -0.2) is 60.4 Å². The number of nitrogens with zero attached hydrogens (tertiary/aromatic N) is 2. The van der Waals surface area contributed by atoms with Gasteiger partial charge in [0.05, 0.1) is 20.3 Å². The zero-order chi connectivity index (χ0) is 20.4. The molecule has 0 spiro atoms. The smallest absolute Gasteiger partial charge is 0.272 e. The molecular weight excluding hydrogens is 372 g/mol. The van der Waals surface area contributed by atoms with E-state index in [2.05, 4.69) is 4.98 Å². The molecule has 7 nitrogen and oxygen atoms in total. The summed E-state index contributed by atoms with van der Waals surface area (Å²) in [7, 11) is 3.17. The van der Waals surface area contributed by atoms with E-state index in [9.17, 15) is 9.90 Å². The zero-order valence-electron chi connectivity index (χ0n) is 16.7. The lowest BCUT2D eigenvalue weighted by molar-refractivity contribution is -0.0240. The number of carbonyl (C=O) groups excluding carboxylic acids is 1. The van der Waals surface area contributed by atoms with Crippen LogP contribution in [0.4, 0.5) is 0 Å². The summed E-state index contributed by atoms with van der Waals surface area (Å²) in [6, 6.07) is 10.8. The number of hydrogen-bond donors (Lipinski definition) is 1. The van der Waals surface area contributed by atoms with Crippen LogP contribution in [0.25, 0.3) is 0 Å². The first-order chi connectivity index (χ1) is 14.1. The fraction of sp³-hybridized carbons (Fsp3) is 0.455. The van der Waals surface area contributed by atoms with E-state index in [-0.39, 0.29) is 23.8 Å². The predicted octanol–water partition coefficient (Wildman–Crippen LogP) is 2.39. The van der Waals surface area contributed by atoms with Gasteiger partial charge in [-0.3, -0.25) is 9.78 Å². The maximum Gasteiger partial charge on any atom is 0.272 e. The van der Waals surface area contributed by atoms with Gasteiger partial charge in [-0.1, -0.05) is 12.1 Å². The van der Waals surface area contributed by atoms with Gasteiger partial charge in [-0.25, -0.2) is 0 Å². The fourth-order valence-electron chi connectivity index (χ4n) is 4.38. The highest BCUT2D eigenvalue weighted by atomic mass is 16.5. The van der Waals surface area contributed by atoms with Gasteiger partial charge in [-0.15, -0.1) is 0 Å². The standard InChI is InChI=1S/C22H26N2O5/c1-27-16-7-8-23-17(11-16)22(26)24-12-14-9-18(25)21(10-15(14)13-24)29-20-6-4-3-5-19(20)28-2/h3-8,11,14-15,18,21,25H,9-10,12-13H2,1-2H3/t14-,15+,18+,21+/m0/s1. The topological polar surface area (TPSA) is 81.1 Å². The van der Waals surface area contributed by atoms with Crippen LogP contribution in [-0.2, 0) is 0 Å². The van der Waals surface area contributed by atoms with Crippen molar-refractivity contribution >= 4 is 5.91 Å². The van der Waals surface area contributed by atoms with Crippen molar-refractivity contribution in [3.8, 4) is 17.2 Å². The number of amides is 1. The van der Waals surface area contributed by atoms with E-state index in [4.69, 9.17) is 14.2 Å². The number of hydrogen-bond acceptors (Lipinski definition) is 6. The van der Waals surface area contributed by atoms with Crippen LogP contribution in [0.5, 0.6) is 17.2 Å². The van der Waals surface area contributed by atoms with Crippen LogP contribution >= 0.6 is 0 Å². The first-order valence-electron chi connectivity index (χ1n) is 9.86. The number of aliphatic hydroxyl groups is 1. The van der Waals surface area contributed by atoms with Crippen molar-refractivity contribution in [3.63, 3.8) is 0 Å². The van der Waals surface area contributed by atoms with E-state index >= 15 is 0 Å². The molecule has 4 atom stereocenters. The van der Waals surface area contributed by atoms with E-state index < -0.39 is 6.10 Å². The molecule has 1 aromatic heterocycles. The second-order valence-electron chi connectivity index (χ2n) is 7.66. The molecule has 7 heteroatoms. The minimum absolute atomic E-state index is 0.102. The second-order valence-corrected chi connectivity index (χ2v) is 7.66. The molecular formula is C22H26N2O5. The summed E-state index contributed by atoms with van der Waals surface area (Å²) in [6.07, 6.45) is 1.98. The third kappa shape index (κ3) is 4.00. The first kappa shape index (κ1) is 19.5. The van der Waals surface area contributed by atoms with E-state index in [0.717, 1.165) is 0 Å². The van der Waals surface area contributed by atoms with Crippen molar-refractivity contribution < 1.29 is 24.1 Å². The molecule has 1 N–H and O–H groups in total. The van der Waals surface area contributed by atoms with Gasteiger partial charge in [-0.2, -0.15) is 0 Å². The van der Waals surface area contributed by atoms with Crippen molar-refractivity contribution in [2.75, 3.05) is 27.3 Å². The van der Waals surface area contributed by atoms with Crippen molar-refractivity contribution in [3.05, 3.63) is 48.3 Å². The number of ether oxygens (including phenoxy) is 3. The van der Waals surface area contributed by atoms with Crippen LogP contribution in [0.15, 0.2) is 42.6 Å². The van der Waals surface area contributed by atoms with E-state index in [1.54, 1.807) is 32.5 Å². The minimum Gasteiger partial charge on any atom is -0.497 e. The number of benzene rings is 1. The summed E-state index contributed by atoms with van der Waals surface area (Å²) < 4.78 is 16.6. The molecule has 29 heavy (non-hydrogen) atoms. The van der Waals surface area contributed by atoms with Crippen LogP contribution < -0.4 is 14.2 Å². The Bertz CT molecular complexity index is 874. The highest BCUT2D eigenvalue weighted by Gasteiger charge is 2.44. The van der Waals surface area contributed by atoms with Crippen molar-refractivity contribution in [1.29, 1.82) is 0 Å². The summed E-state index contributed by atoms with van der Waals surface area (Å²) in [6.45, 7) is 1.27. The fourth-order valence-corrected chi connectivity index (χ4v) is 4.38. The zero-order valence-corrected chi connectivity index (χ0v) is 16.7. The predicted molar refractivity (Wildman–Crippen MR) is 106 cm³/mol. The summed E-state index contributed by atoms with van der Waals surface area (Å²) in [5.74, 6) is 2.33. The minimum atomic E-state index is -0.578. The molecule has 2 aliphatic rings. The summed E-state index contributed by atoms with van der Waals surface area (Å²) >= 11 is 0. The number of methoxy groups -OCH3 is 2. The van der Waals surface area contributed by atoms with E-state index in [0.29, 0.717) is 48.9 Å². The molecule has 1 aromatic carbocycles. The van der Waals surface area contributed by atoms with Gasteiger partial charge in [0, 0.05) is 25.4 Å². The number of aliphatic hydroxyl groups excluding tert-OH is 1. The average molecular weight is 398 g/mol. The van der Waals surface area contributed by atoms with Gasteiger partial charge >= 0.3 is 0 Å².